The van der Waals surface area contributed by atoms with Crippen LogP contribution in [0.2, 0.25) is 10.0 Å². The van der Waals surface area contributed by atoms with E-state index >= 15 is 0 Å². The maximum absolute atomic E-state index is 11.7. The summed E-state index contributed by atoms with van der Waals surface area (Å²) in [5.74, 6) is -0.0961. The SMILES string of the molecule is O=C(/C=C/c1ccco1)NC(=S)Nc1cc(Cl)c(O)c(Cl)c1. The second-order valence-corrected chi connectivity index (χ2v) is 5.30. The van der Waals surface area contributed by atoms with Crippen LogP contribution in [0, 0.1) is 0 Å². The topological polar surface area (TPSA) is 74.5 Å². The average Bonchev–Trinajstić information content (AvgIpc) is 2.95. The van der Waals surface area contributed by atoms with Crippen molar-refractivity contribution >= 4 is 58.2 Å². The summed E-state index contributed by atoms with van der Waals surface area (Å²) in [6, 6.07) is 6.28. The number of nitrogens with one attached hydrogen (secondary N) is 2. The van der Waals surface area contributed by atoms with E-state index in [1.54, 1.807) is 12.1 Å². The summed E-state index contributed by atoms with van der Waals surface area (Å²) in [6.45, 7) is 0. The molecule has 2 aromatic rings. The number of aromatic hydroxyl groups is 1. The molecular weight excluding hydrogens is 347 g/mol. The van der Waals surface area contributed by atoms with E-state index in [4.69, 9.17) is 39.8 Å². The third-order valence-electron chi connectivity index (χ3n) is 2.45. The van der Waals surface area contributed by atoms with Gasteiger partial charge in [-0.2, -0.15) is 0 Å². The van der Waals surface area contributed by atoms with Gasteiger partial charge in [-0.25, -0.2) is 0 Å². The van der Waals surface area contributed by atoms with Crippen molar-refractivity contribution in [2.24, 2.45) is 0 Å². The molecule has 8 heteroatoms. The number of rotatable bonds is 3. The standard InChI is InChI=1S/C14H10Cl2N2O3S/c15-10-6-8(7-11(16)13(10)20)17-14(22)18-12(19)4-3-9-2-1-5-21-9/h1-7,20H,(H2,17,18,19,22)/b4-3+. The summed E-state index contributed by atoms with van der Waals surface area (Å²) < 4.78 is 5.05. The van der Waals surface area contributed by atoms with E-state index in [0.717, 1.165) is 0 Å². The van der Waals surface area contributed by atoms with Crippen molar-refractivity contribution in [1.29, 1.82) is 0 Å². The number of hydrogen-bond acceptors (Lipinski definition) is 4. The highest BCUT2D eigenvalue weighted by Gasteiger charge is 2.08. The molecule has 0 saturated carbocycles. The molecule has 22 heavy (non-hydrogen) atoms. The van der Waals surface area contributed by atoms with Gasteiger partial charge in [-0.05, 0) is 42.6 Å². The van der Waals surface area contributed by atoms with Gasteiger partial charge in [0.25, 0.3) is 0 Å². The minimum absolute atomic E-state index is 0.0620. The lowest BCUT2D eigenvalue weighted by molar-refractivity contribution is -0.115. The lowest BCUT2D eigenvalue weighted by atomic mass is 10.3. The Morgan fingerprint density at radius 2 is 2.00 bits per heavy atom. The van der Waals surface area contributed by atoms with Crippen LogP contribution in [0.5, 0.6) is 5.75 Å². The number of carbonyl (C=O) groups is 1. The van der Waals surface area contributed by atoms with Gasteiger partial charge < -0.3 is 14.8 Å². The Morgan fingerprint density at radius 1 is 1.32 bits per heavy atom. The highest BCUT2D eigenvalue weighted by Crippen LogP contribution is 2.34. The monoisotopic (exact) mass is 356 g/mol. The van der Waals surface area contributed by atoms with Crippen LogP contribution in [-0.4, -0.2) is 16.1 Å². The van der Waals surface area contributed by atoms with E-state index < -0.39 is 5.91 Å². The minimum Gasteiger partial charge on any atom is -0.505 e. The molecule has 0 atom stereocenters. The molecule has 2 rings (SSSR count). The Morgan fingerprint density at radius 3 is 2.59 bits per heavy atom. The fourth-order valence-electron chi connectivity index (χ4n) is 1.50. The van der Waals surface area contributed by atoms with E-state index in [9.17, 15) is 9.90 Å². The molecular formula is C14H10Cl2N2O3S. The Bertz CT molecular complexity index is 707. The van der Waals surface area contributed by atoms with Gasteiger partial charge in [0.2, 0.25) is 5.91 Å². The van der Waals surface area contributed by atoms with Gasteiger partial charge in [0, 0.05) is 11.8 Å². The quantitative estimate of drug-likeness (QED) is 0.442. The zero-order valence-corrected chi connectivity index (χ0v) is 13.3. The molecule has 0 bridgehead atoms. The van der Waals surface area contributed by atoms with Crippen LogP contribution >= 0.6 is 35.4 Å². The lowest BCUT2D eigenvalue weighted by Crippen LogP contribution is -2.32. The minimum atomic E-state index is -0.426. The van der Waals surface area contributed by atoms with Crippen LogP contribution in [0.1, 0.15) is 5.76 Å². The number of thiocarbonyl (C=S) groups is 1. The van der Waals surface area contributed by atoms with E-state index in [2.05, 4.69) is 10.6 Å². The zero-order valence-electron chi connectivity index (χ0n) is 11.0. The molecule has 0 fully saturated rings. The summed E-state index contributed by atoms with van der Waals surface area (Å²) >= 11 is 16.6. The first-order valence-electron chi connectivity index (χ1n) is 5.97. The van der Waals surface area contributed by atoms with E-state index in [1.807, 2.05) is 0 Å². The largest absolute Gasteiger partial charge is 0.505 e. The molecule has 3 N–H and O–H groups in total. The first-order valence-corrected chi connectivity index (χ1v) is 7.13. The number of phenolic OH excluding ortho intramolecular Hbond substituents is 1. The molecule has 1 aromatic carbocycles. The van der Waals surface area contributed by atoms with Crippen LogP contribution in [-0.2, 0) is 4.79 Å². The molecule has 0 aliphatic heterocycles. The van der Waals surface area contributed by atoms with Crippen LogP contribution in [0.4, 0.5) is 5.69 Å². The molecule has 114 valence electrons. The van der Waals surface area contributed by atoms with Crippen LogP contribution in [0.25, 0.3) is 6.08 Å². The Balaban J connectivity index is 1.94. The third-order valence-corrected chi connectivity index (χ3v) is 3.23. The normalized spacial score (nSPS) is 10.6. The fourth-order valence-corrected chi connectivity index (χ4v) is 2.20. The van der Waals surface area contributed by atoms with Gasteiger partial charge >= 0.3 is 0 Å². The highest BCUT2D eigenvalue weighted by molar-refractivity contribution is 7.80. The molecule has 0 spiro atoms. The highest BCUT2D eigenvalue weighted by atomic mass is 35.5. The van der Waals surface area contributed by atoms with Crippen molar-refractivity contribution in [3.63, 3.8) is 0 Å². The number of carbonyl (C=O) groups excluding carboxylic acids is 1. The van der Waals surface area contributed by atoms with Crippen LogP contribution in [0.15, 0.2) is 41.0 Å². The number of furan rings is 1. The van der Waals surface area contributed by atoms with Crippen LogP contribution in [0.3, 0.4) is 0 Å². The molecule has 0 saturated heterocycles. The maximum atomic E-state index is 11.7. The predicted molar refractivity (Wildman–Crippen MR) is 90.2 cm³/mol. The third kappa shape index (κ3) is 4.49. The molecule has 1 aromatic heterocycles. The summed E-state index contributed by atoms with van der Waals surface area (Å²) in [7, 11) is 0. The van der Waals surface area contributed by atoms with Gasteiger partial charge in [0.05, 0.1) is 16.3 Å². The van der Waals surface area contributed by atoms with Crippen LogP contribution < -0.4 is 10.6 Å². The first-order chi connectivity index (χ1) is 10.5. The second-order valence-electron chi connectivity index (χ2n) is 4.08. The van der Waals surface area contributed by atoms with Crippen molar-refractivity contribution in [2.45, 2.75) is 0 Å². The average molecular weight is 357 g/mol. The lowest BCUT2D eigenvalue weighted by Gasteiger charge is -2.10. The van der Waals surface area contributed by atoms with E-state index in [-0.39, 0.29) is 20.9 Å². The Labute approximate surface area is 141 Å². The Kier molecular flexibility index (Phi) is 5.43. The predicted octanol–water partition coefficient (Wildman–Crippen LogP) is 3.82. The van der Waals surface area contributed by atoms with Gasteiger partial charge in [-0.3, -0.25) is 10.1 Å². The number of anilines is 1. The first kappa shape index (κ1) is 16.4. The van der Waals surface area contributed by atoms with Gasteiger partial charge in [0.1, 0.15) is 5.76 Å². The summed E-state index contributed by atoms with van der Waals surface area (Å²) in [4.78, 5) is 11.7. The molecule has 1 amide bonds. The number of hydrogen-bond donors (Lipinski definition) is 3. The molecule has 0 aliphatic carbocycles. The smallest absolute Gasteiger partial charge is 0.250 e. The number of amides is 1. The van der Waals surface area contributed by atoms with Gasteiger partial charge in [-0.15, -0.1) is 0 Å². The fraction of sp³-hybridized carbons (Fsp3) is 0. The summed E-state index contributed by atoms with van der Waals surface area (Å²) in [5.41, 5.74) is 0.438. The zero-order chi connectivity index (χ0) is 16.1. The number of halogens is 2. The van der Waals surface area contributed by atoms with Crippen molar-refractivity contribution in [2.75, 3.05) is 5.32 Å². The second kappa shape index (κ2) is 7.31. The van der Waals surface area contributed by atoms with Gasteiger partial charge in [0.15, 0.2) is 10.9 Å². The van der Waals surface area contributed by atoms with Gasteiger partial charge in [-0.1, -0.05) is 23.2 Å². The molecule has 0 aliphatic rings. The summed E-state index contributed by atoms with van der Waals surface area (Å²) in [5, 5.41) is 14.8. The number of phenols is 1. The summed E-state index contributed by atoms with van der Waals surface area (Å²) in [6.07, 6.45) is 4.29. The van der Waals surface area contributed by atoms with Crippen molar-refractivity contribution in [3.05, 3.63) is 52.4 Å². The molecule has 0 unspecified atom stereocenters. The number of benzene rings is 1. The maximum Gasteiger partial charge on any atom is 0.250 e. The Hall–Kier alpha value is -2.02. The van der Waals surface area contributed by atoms with E-state index in [1.165, 1.54) is 30.5 Å². The molecule has 5 nitrogen and oxygen atoms in total. The van der Waals surface area contributed by atoms with E-state index in [0.29, 0.717) is 11.4 Å². The molecule has 1 heterocycles. The van der Waals surface area contributed by atoms with Crippen molar-refractivity contribution < 1.29 is 14.3 Å². The molecule has 0 radical (unpaired) electrons. The van der Waals surface area contributed by atoms with Crippen molar-refractivity contribution in [1.82, 2.24) is 5.32 Å². The van der Waals surface area contributed by atoms with Crippen molar-refractivity contribution in [3.8, 4) is 5.75 Å².